The first-order chi connectivity index (χ1) is 9.76. The fourth-order valence-electron chi connectivity index (χ4n) is 2.49. The normalized spacial score (nSPS) is 13.3. The number of hydrogen-bond donors (Lipinski definition) is 1. The second-order valence-electron chi connectivity index (χ2n) is 4.98. The van der Waals surface area contributed by atoms with Gasteiger partial charge in [-0.3, -0.25) is 4.68 Å². The number of rotatable bonds is 5. The number of hydrogen-bond acceptors (Lipinski definition) is 3. The molecule has 0 aliphatic carbocycles. The fraction of sp³-hybridized carbons (Fsp3) is 0.400. The van der Waals surface area contributed by atoms with Gasteiger partial charge in [0.15, 0.2) is 0 Å². The highest BCUT2D eigenvalue weighted by Crippen LogP contribution is 2.33. The molecule has 1 aromatic heterocycles. The van der Waals surface area contributed by atoms with E-state index in [1.54, 1.807) is 0 Å². The molecular formula is C15H18ClN3O. The average Bonchev–Trinajstić information content (AvgIpc) is 3.05. The summed E-state index contributed by atoms with van der Waals surface area (Å²) in [5.41, 5.74) is 3.49. The van der Waals surface area contributed by atoms with E-state index in [2.05, 4.69) is 23.5 Å². The monoisotopic (exact) mass is 291 g/mol. The molecular weight excluding hydrogens is 274 g/mol. The average molecular weight is 292 g/mol. The fourth-order valence-corrected chi connectivity index (χ4v) is 2.75. The van der Waals surface area contributed by atoms with E-state index in [1.807, 2.05) is 23.0 Å². The molecule has 20 heavy (non-hydrogen) atoms. The Balaban J connectivity index is 1.79. The topological polar surface area (TPSA) is 39.1 Å². The molecule has 5 heteroatoms. The van der Waals surface area contributed by atoms with Crippen molar-refractivity contribution in [3.63, 3.8) is 0 Å². The number of ether oxygens (including phenoxy) is 1. The highest BCUT2D eigenvalue weighted by atomic mass is 35.5. The van der Waals surface area contributed by atoms with E-state index in [9.17, 15) is 0 Å². The minimum absolute atomic E-state index is 0.690. The van der Waals surface area contributed by atoms with Crippen LogP contribution in [-0.4, -0.2) is 22.9 Å². The number of halogens is 1. The zero-order valence-corrected chi connectivity index (χ0v) is 12.3. The van der Waals surface area contributed by atoms with Gasteiger partial charge in [0.05, 0.1) is 19.3 Å². The molecule has 1 aliphatic heterocycles. The number of nitrogens with one attached hydrogen (secondary N) is 1. The lowest BCUT2D eigenvalue weighted by Crippen LogP contribution is -2.11. The smallest absolute Gasteiger partial charge is 0.127 e. The molecule has 0 saturated carbocycles. The van der Waals surface area contributed by atoms with Gasteiger partial charge in [0.25, 0.3) is 0 Å². The predicted molar refractivity (Wildman–Crippen MR) is 79.4 cm³/mol. The van der Waals surface area contributed by atoms with Crippen molar-refractivity contribution >= 4 is 11.6 Å². The van der Waals surface area contributed by atoms with Crippen molar-refractivity contribution in [2.45, 2.75) is 26.4 Å². The summed E-state index contributed by atoms with van der Waals surface area (Å²) in [5, 5.41) is 8.46. The molecule has 1 N–H and O–H groups in total. The molecule has 4 nitrogen and oxygen atoms in total. The van der Waals surface area contributed by atoms with Gasteiger partial charge < -0.3 is 10.1 Å². The van der Waals surface area contributed by atoms with E-state index in [0.29, 0.717) is 6.54 Å². The molecule has 0 unspecified atom stereocenters. The SMILES string of the molecule is CCNCc1cnn(Cc2cc(Cl)cc3c2OCC3)c1. The third-order valence-electron chi connectivity index (χ3n) is 3.42. The first kappa shape index (κ1) is 13.5. The van der Waals surface area contributed by atoms with Crippen molar-refractivity contribution in [2.24, 2.45) is 0 Å². The number of nitrogens with zero attached hydrogens (tertiary/aromatic N) is 2. The van der Waals surface area contributed by atoms with Gasteiger partial charge in [0, 0.05) is 35.3 Å². The summed E-state index contributed by atoms with van der Waals surface area (Å²) >= 11 is 6.17. The van der Waals surface area contributed by atoms with Gasteiger partial charge in [-0.1, -0.05) is 18.5 Å². The molecule has 0 radical (unpaired) electrons. The highest BCUT2D eigenvalue weighted by Gasteiger charge is 2.18. The van der Waals surface area contributed by atoms with Crippen molar-refractivity contribution in [3.8, 4) is 5.75 Å². The molecule has 0 spiro atoms. The minimum atomic E-state index is 0.690. The summed E-state index contributed by atoms with van der Waals surface area (Å²) in [6.07, 6.45) is 4.90. The maximum absolute atomic E-state index is 6.17. The Hall–Kier alpha value is -1.52. The second-order valence-corrected chi connectivity index (χ2v) is 5.41. The largest absolute Gasteiger partial charge is 0.493 e. The standard InChI is InChI=1S/C15H18ClN3O/c1-2-17-7-11-8-18-19(9-11)10-13-6-14(16)5-12-3-4-20-15(12)13/h5-6,8-9,17H,2-4,7,10H2,1H3. The van der Waals surface area contributed by atoms with E-state index in [1.165, 1.54) is 11.1 Å². The molecule has 106 valence electrons. The van der Waals surface area contributed by atoms with E-state index in [4.69, 9.17) is 16.3 Å². The van der Waals surface area contributed by atoms with E-state index in [0.717, 1.165) is 42.5 Å². The zero-order valence-electron chi connectivity index (χ0n) is 11.5. The van der Waals surface area contributed by atoms with Crippen LogP contribution >= 0.6 is 11.6 Å². The maximum atomic E-state index is 6.17. The quantitative estimate of drug-likeness (QED) is 0.920. The Bertz CT molecular complexity index is 609. The summed E-state index contributed by atoms with van der Waals surface area (Å²) in [6.45, 7) is 5.33. The van der Waals surface area contributed by atoms with Gasteiger partial charge >= 0.3 is 0 Å². The number of fused-ring (bicyclic) bond motifs is 1. The lowest BCUT2D eigenvalue weighted by atomic mass is 10.1. The van der Waals surface area contributed by atoms with Crippen molar-refractivity contribution in [1.29, 1.82) is 0 Å². The van der Waals surface area contributed by atoms with Gasteiger partial charge in [-0.25, -0.2) is 0 Å². The van der Waals surface area contributed by atoms with Gasteiger partial charge in [-0.2, -0.15) is 5.10 Å². The van der Waals surface area contributed by atoms with Crippen molar-refractivity contribution in [2.75, 3.05) is 13.2 Å². The molecule has 0 amide bonds. The van der Waals surface area contributed by atoms with Crippen LogP contribution in [-0.2, 0) is 19.5 Å². The molecule has 1 aromatic carbocycles. The first-order valence-electron chi connectivity index (χ1n) is 6.92. The summed E-state index contributed by atoms with van der Waals surface area (Å²) in [4.78, 5) is 0. The van der Waals surface area contributed by atoms with Gasteiger partial charge in [-0.05, 0) is 24.2 Å². The molecule has 0 bridgehead atoms. The van der Waals surface area contributed by atoms with Gasteiger partial charge in [0.2, 0.25) is 0 Å². The minimum Gasteiger partial charge on any atom is -0.493 e. The van der Waals surface area contributed by atoms with Crippen LogP contribution in [0.4, 0.5) is 0 Å². The van der Waals surface area contributed by atoms with Crippen LogP contribution in [0, 0.1) is 0 Å². The molecule has 0 atom stereocenters. The van der Waals surface area contributed by atoms with Crippen LogP contribution in [0.25, 0.3) is 0 Å². The zero-order chi connectivity index (χ0) is 13.9. The Morgan fingerprint density at radius 2 is 2.35 bits per heavy atom. The number of benzene rings is 1. The lowest BCUT2D eigenvalue weighted by Gasteiger charge is -2.09. The third kappa shape index (κ3) is 2.81. The molecule has 3 rings (SSSR count). The van der Waals surface area contributed by atoms with Crippen LogP contribution in [0.5, 0.6) is 5.75 Å². The van der Waals surface area contributed by atoms with Gasteiger partial charge in [0.1, 0.15) is 5.75 Å². The summed E-state index contributed by atoms with van der Waals surface area (Å²) < 4.78 is 7.65. The molecule has 0 saturated heterocycles. The van der Waals surface area contributed by atoms with Crippen molar-refractivity contribution in [1.82, 2.24) is 15.1 Å². The maximum Gasteiger partial charge on any atom is 0.127 e. The van der Waals surface area contributed by atoms with E-state index < -0.39 is 0 Å². The summed E-state index contributed by atoms with van der Waals surface area (Å²) in [6, 6.07) is 3.96. The van der Waals surface area contributed by atoms with Crippen LogP contribution in [0.3, 0.4) is 0 Å². The Morgan fingerprint density at radius 3 is 3.20 bits per heavy atom. The highest BCUT2D eigenvalue weighted by molar-refractivity contribution is 6.30. The van der Waals surface area contributed by atoms with Crippen LogP contribution in [0.15, 0.2) is 24.5 Å². The van der Waals surface area contributed by atoms with Crippen molar-refractivity contribution in [3.05, 3.63) is 46.2 Å². The van der Waals surface area contributed by atoms with E-state index in [-0.39, 0.29) is 0 Å². The molecule has 0 fully saturated rings. The second kappa shape index (κ2) is 5.85. The first-order valence-corrected chi connectivity index (χ1v) is 7.30. The third-order valence-corrected chi connectivity index (χ3v) is 3.64. The van der Waals surface area contributed by atoms with Gasteiger partial charge in [-0.15, -0.1) is 0 Å². The summed E-state index contributed by atoms with van der Waals surface area (Å²) in [5.74, 6) is 0.984. The van der Waals surface area contributed by atoms with Crippen LogP contribution in [0.2, 0.25) is 5.02 Å². The summed E-state index contributed by atoms with van der Waals surface area (Å²) in [7, 11) is 0. The van der Waals surface area contributed by atoms with Crippen LogP contribution < -0.4 is 10.1 Å². The molecule has 1 aliphatic rings. The van der Waals surface area contributed by atoms with Crippen molar-refractivity contribution < 1.29 is 4.74 Å². The predicted octanol–water partition coefficient (Wildman–Crippen LogP) is 2.63. The molecule has 2 aromatic rings. The number of aromatic nitrogens is 2. The van der Waals surface area contributed by atoms with Crippen LogP contribution in [0.1, 0.15) is 23.6 Å². The molecule has 2 heterocycles. The lowest BCUT2D eigenvalue weighted by molar-refractivity contribution is 0.352. The Morgan fingerprint density at radius 1 is 1.45 bits per heavy atom. The Kier molecular flexibility index (Phi) is 3.94. The Labute approximate surface area is 123 Å². The van der Waals surface area contributed by atoms with E-state index >= 15 is 0 Å².